The highest BCUT2D eigenvalue weighted by molar-refractivity contribution is 6.30. The van der Waals surface area contributed by atoms with Gasteiger partial charge in [0, 0.05) is 17.1 Å². The fourth-order valence-corrected chi connectivity index (χ4v) is 2.83. The summed E-state index contributed by atoms with van der Waals surface area (Å²) in [5.41, 5.74) is 1.28. The van der Waals surface area contributed by atoms with Crippen LogP contribution in [0.4, 0.5) is 0 Å². The first kappa shape index (κ1) is 13.9. The Hall–Kier alpha value is -0.570. The maximum absolute atomic E-state index is 6.04. The quantitative estimate of drug-likeness (QED) is 0.901. The predicted octanol–water partition coefficient (Wildman–Crippen LogP) is 3.47. The van der Waals surface area contributed by atoms with Gasteiger partial charge in [-0.15, -0.1) is 0 Å². The summed E-state index contributed by atoms with van der Waals surface area (Å²) in [5.74, 6) is 0. The third-order valence-corrected chi connectivity index (χ3v) is 4.02. The van der Waals surface area contributed by atoms with Crippen molar-refractivity contribution in [3.63, 3.8) is 0 Å². The van der Waals surface area contributed by atoms with Crippen LogP contribution < -0.4 is 5.32 Å². The van der Waals surface area contributed by atoms with Gasteiger partial charge in [0.15, 0.2) is 0 Å². The summed E-state index contributed by atoms with van der Waals surface area (Å²) in [5, 5.41) is 4.56. The molecule has 1 aromatic carbocycles. The minimum absolute atomic E-state index is 0.372. The monoisotopic (exact) mass is 266 g/mol. The number of likely N-dealkylation sites (tertiary alicyclic amines) is 1. The number of hydrogen-bond donors (Lipinski definition) is 1. The topological polar surface area (TPSA) is 15.3 Å². The summed E-state index contributed by atoms with van der Waals surface area (Å²) in [4.78, 5) is 2.42. The molecule has 3 heteroatoms. The Kier molecular flexibility index (Phi) is 5.04. The number of hydrogen-bond acceptors (Lipinski definition) is 2. The van der Waals surface area contributed by atoms with Gasteiger partial charge in [0.1, 0.15) is 0 Å². The lowest BCUT2D eigenvalue weighted by Crippen LogP contribution is -2.32. The van der Waals surface area contributed by atoms with E-state index in [1.165, 1.54) is 37.9 Å². The lowest BCUT2D eigenvalue weighted by atomic mass is 10.0. The lowest BCUT2D eigenvalue weighted by Gasteiger charge is -2.22. The molecule has 1 fully saturated rings. The van der Waals surface area contributed by atoms with Gasteiger partial charge < -0.3 is 10.2 Å². The SMILES string of the molecule is C[C@H](NC1CCCN(C)CC1)c1cccc(Cl)c1. The Bertz CT molecular complexity index is 381. The summed E-state index contributed by atoms with van der Waals surface area (Å²) in [6.45, 7) is 4.64. The van der Waals surface area contributed by atoms with Gasteiger partial charge >= 0.3 is 0 Å². The standard InChI is InChI=1S/C15H23ClN2/c1-12(13-5-3-6-14(16)11-13)17-15-7-4-9-18(2)10-8-15/h3,5-6,11-12,15,17H,4,7-10H2,1-2H3/t12-,15?/m0/s1. The molecule has 0 amide bonds. The molecule has 1 saturated heterocycles. The third kappa shape index (κ3) is 3.98. The van der Waals surface area contributed by atoms with E-state index in [4.69, 9.17) is 11.6 Å². The second-order valence-electron chi connectivity index (χ2n) is 5.37. The number of rotatable bonds is 3. The van der Waals surface area contributed by atoms with Gasteiger partial charge in [-0.1, -0.05) is 23.7 Å². The average Bonchev–Trinajstić information content (AvgIpc) is 2.54. The van der Waals surface area contributed by atoms with Crippen molar-refractivity contribution in [2.45, 2.75) is 38.3 Å². The molecule has 2 atom stereocenters. The molecule has 0 aromatic heterocycles. The Labute approximate surface area is 115 Å². The summed E-state index contributed by atoms with van der Waals surface area (Å²) < 4.78 is 0. The van der Waals surface area contributed by atoms with Crippen molar-refractivity contribution < 1.29 is 0 Å². The van der Waals surface area contributed by atoms with Crippen LogP contribution in [0.5, 0.6) is 0 Å². The molecule has 100 valence electrons. The first-order valence-electron chi connectivity index (χ1n) is 6.85. The molecule has 1 N–H and O–H groups in total. The molecule has 1 aliphatic heterocycles. The van der Waals surface area contributed by atoms with Crippen molar-refractivity contribution in [2.75, 3.05) is 20.1 Å². The molecular weight excluding hydrogens is 244 g/mol. The van der Waals surface area contributed by atoms with Crippen molar-refractivity contribution in [2.24, 2.45) is 0 Å². The van der Waals surface area contributed by atoms with E-state index in [-0.39, 0.29) is 0 Å². The van der Waals surface area contributed by atoms with Crippen LogP contribution in [-0.2, 0) is 0 Å². The second-order valence-corrected chi connectivity index (χ2v) is 5.81. The van der Waals surface area contributed by atoms with E-state index in [1.807, 2.05) is 12.1 Å². The number of nitrogens with zero attached hydrogens (tertiary/aromatic N) is 1. The first-order chi connectivity index (χ1) is 8.65. The fraction of sp³-hybridized carbons (Fsp3) is 0.600. The fourth-order valence-electron chi connectivity index (χ4n) is 2.63. The molecule has 0 saturated carbocycles. The van der Waals surface area contributed by atoms with Crippen molar-refractivity contribution in [1.29, 1.82) is 0 Å². The first-order valence-corrected chi connectivity index (χ1v) is 7.23. The zero-order valence-electron chi connectivity index (χ0n) is 11.3. The van der Waals surface area contributed by atoms with Crippen LogP contribution in [-0.4, -0.2) is 31.1 Å². The maximum Gasteiger partial charge on any atom is 0.0409 e. The van der Waals surface area contributed by atoms with Crippen molar-refractivity contribution >= 4 is 11.6 Å². The van der Waals surface area contributed by atoms with Gasteiger partial charge in [-0.25, -0.2) is 0 Å². The van der Waals surface area contributed by atoms with Crippen LogP contribution in [0.15, 0.2) is 24.3 Å². The van der Waals surface area contributed by atoms with Crippen LogP contribution in [0.1, 0.15) is 37.8 Å². The largest absolute Gasteiger partial charge is 0.307 e. The molecule has 0 bridgehead atoms. The van der Waals surface area contributed by atoms with Crippen LogP contribution in [0.3, 0.4) is 0 Å². The molecule has 1 aliphatic rings. The second kappa shape index (κ2) is 6.55. The zero-order chi connectivity index (χ0) is 13.0. The highest BCUT2D eigenvalue weighted by atomic mass is 35.5. The molecular formula is C15H23ClN2. The summed E-state index contributed by atoms with van der Waals surface area (Å²) in [6, 6.07) is 9.16. The highest BCUT2D eigenvalue weighted by Gasteiger charge is 2.17. The van der Waals surface area contributed by atoms with E-state index in [0.29, 0.717) is 12.1 Å². The zero-order valence-corrected chi connectivity index (χ0v) is 12.1. The van der Waals surface area contributed by atoms with Gasteiger partial charge in [0.25, 0.3) is 0 Å². The minimum atomic E-state index is 0.372. The molecule has 1 heterocycles. The Morgan fingerprint density at radius 2 is 2.17 bits per heavy atom. The van der Waals surface area contributed by atoms with Gasteiger partial charge in [-0.2, -0.15) is 0 Å². The summed E-state index contributed by atoms with van der Waals surface area (Å²) in [6.07, 6.45) is 3.80. The number of halogens is 1. The summed E-state index contributed by atoms with van der Waals surface area (Å²) in [7, 11) is 2.21. The number of nitrogens with one attached hydrogen (secondary N) is 1. The van der Waals surface area contributed by atoms with Crippen molar-refractivity contribution in [3.8, 4) is 0 Å². The van der Waals surface area contributed by atoms with E-state index in [9.17, 15) is 0 Å². The minimum Gasteiger partial charge on any atom is -0.307 e. The third-order valence-electron chi connectivity index (χ3n) is 3.79. The predicted molar refractivity (Wildman–Crippen MR) is 78.1 cm³/mol. The van der Waals surface area contributed by atoms with Crippen LogP contribution in [0.2, 0.25) is 5.02 Å². The lowest BCUT2D eigenvalue weighted by molar-refractivity contribution is 0.340. The molecule has 18 heavy (non-hydrogen) atoms. The molecule has 2 rings (SSSR count). The Balaban J connectivity index is 1.92. The van der Waals surface area contributed by atoms with E-state index in [1.54, 1.807) is 0 Å². The normalized spacial score (nSPS) is 23.6. The maximum atomic E-state index is 6.04. The molecule has 1 aromatic rings. The Morgan fingerprint density at radius 1 is 1.33 bits per heavy atom. The van der Waals surface area contributed by atoms with E-state index in [2.05, 4.69) is 36.3 Å². The van der Waals surface area contributed by atoms with Crippen LogP contribution in [0, 0.1) is 0 Å². The molecule has 0 aliphatic carbocycles. The van der Waals surface area contributed by atoms with E-state index in [0.717, 1.165) is 5.02 Å². The molecule has 1 unspecified atom stereocenters. The Morgan fingerprint density at radius 3 is 2.94 bits per heavy atom. The van der Waals surface area contributed by atoms with Crippen LogP contribution in [0.25, 0.3) is 0 Å². The van der Waals surface area contributed by atoms with Gasteiger partial charge in [0.05, 0.1) is 0 Å². The molecule has 0 spiro atoms. The van der Waals surface area contributed by atoms with Gasteiger partial charge in [0.2, 0.25) is 0 Å². The number of benzene rings is 1. The van der Waals surface area contributed by atoms with Crippen LogP contribution >= 0.6 is 11.6 Å². The molecule has 0 radical (unpaired) electrons. The van der Waals surface area contributed by atoms with Crippen molar-refractivity contribution in [1.82, 2.24) is 10.2 Å². The van der Waals surface area contributed by atoms with E-state index < -0.39 is 0 Å². The highest BCUT2D eigenvalue weighted by Crippen LogP contribution is 2.20. The van der Waals surface area contributed by atoms with Gasteiger partial charge in [-0.3, -0.25) is 0 Å². The van der Waals surface area contributed by atoms with Gasteiger partial charge in [-0.05, 0) is 64.0 Å². The average molecular weight is 267 g/mol. The summed E-state index contributed by atoms with van der Waals surface area (Å²) >= 11 is 6.04. The van der Waals surface area contributed by atoms with E-state index >= 15 is 0 Å². The molecule has 2 nitrogen and oxygen atoms in total. The smallest absolute Gasteiger partial charge is 0.0409 e. The van der Waals surface area contributed by atoms with Crippen molar-refractivity contribution in [3.05, 3.63) is 34.9 Å².